The normalized spacial score (nSPS) is 11.4. The highest BCUT2D eigenvalue weighted by Gasteiger charge is 2.12. The quantitative estimate of drug-likeness (QED) is 0.784. The number of thiophene rings is 1. The summed E-state index contributed by atoms with van der Waals surface area (Å²) in [4.78, 5) is 0.931. The van der Waals surface area contributed by atoms with E-state index in [2.05, 4.69) is 16.6 Å². The molecule has 0 bridgehead atoms. The van der Waals surface area contributed by atoms with Crippen LogP contribution in [-0.2, 0) is 16.6 Å². The van der Waals surface area contributed by atoms with Crippen LogP contribution in [0.15, 0.2) is 11.4 Å². The fourth-order valence-corrected chi connectivity index (χ4v) is 3.66. The molecule has 1 rings (SSSR count). The zero-order valence-corrected chi connectivity index (χ0v) is 12.8. The lowest BCUT2D eigenvalue weighted by molar-refractivity contribution is 0.305. The van der Waals surface area contributed by atoms with E-state index in [9.17, 15) is 8.42 Å². The van der Waals surface area contributed by atoms with Gasteiger partial charge in [-0.1, -0.05) is 25.7 Å². The maximum Gasteiger partial charge on any atom is 0.212 e. The van der Waals surface area contributed by atoms with Gasteiger partial charge in [0.05, 0.1) is 12.4 Å². The Hall–Kier alpha value is -0.870. The van der Waals surface area contributed by atoms with Gasteiger partial charge in [0.2, 0.25) is 10.0 Å². The Bertz CT molecular complexity index is 550. The van der Waals surface area contributed by atoms with Crippen LogP contribution in [0.3, 0.4) is 0 Å². The Balaban J connectivity index is 2.53. The smallest absolute Gasteiger partial charge is 0.212 e. The van der Waals surface area contributed by atoms with E-state index >= 15 is 0 Å². The summed E-state index contributed by atoms with van der Waals surface area (Å²) in [6, 6.07) is 1.87. The molecule has 0 saturated carbocycles. The first-order valence-electron chi connectivity index (χ1n) is 6.07. The van der Waals surface area contributed by atoms with Crippen LogP contribution >= 0.6 is 11.3 Å². The molecule has 6 heteroatoms. The van der Waals surface area contributed by atoms with E-state index in [0.29, 0.717) is 13.0 Å². The van der Waals surface area contributed by atoms with Crippen molar-refractivity contribution in [1.29, 1.82) is 0 Å². The SMILES string of the molecule is CC(C)CS(=O)(=O)NCc1cc(C#CCCO)cs1. The van der Waals surface area contributed by atoms with Crippen LogP contribution in [0.4, 0.5) is 0 Å². The van der Waals surface area contributed by atoms with E-state index in [4.69, 9.17) is 5.11 Å². The predicted molar refractivity (Wildman–Crippen MR) is 78.4 cm³/mol. The van der Waals surface area contributed by atoms with E-state index < -0.39 is 10.0 Å². The molecule has 0 aliphatic heterocycles. The second-order valence-electron chi connectivity index (χ2n) is 4.57. The molecule has 106 valence electrons. The van der Waals surface area contributed by atoms with Crippen molar-refractivity contribution in [2.45, 2.75) is 26.8 Å². The molecule has 1 heterocycles. The van der Waals surface area contributed by atoms with E-state index in [0.717, 1.165) is 10.4 Å². The second kappa shape index (κ2) is 7.65. The average molecular weight is 301 g/mol. The zero-order valence-electron chi connectivity index (χ0n) is 11.1. The van der Waals surface area contributed by atoms with Crippen LogP contribution in [-0.4, -0.2) is 25.9 Å². The summed E-state index contributed by atoms with van der Waals surface area (Å²) in [6.45, 7) is 4.11. The van der Waals surface area contributed by atoms with Gasteiger partial charge < -0.3 is 5.11 Å². The van der Waals surface area contributed by atoms with Crippen LogP contribution in [0.1, 0.15) is 30.7 Å². The van der Waals surface area contributed by atoms with Crippen molar-refractivity contribution in [3.05, 3.63) is 21.9 Å². The molecule has 0 aliphatic carbocycles. The lowest BCUT2D eigenvalue weighted by Crippen LogP contribution is -2.27. The van der Waals surface area contributed by atoms with E-state index in [-0.39, 0.29) is 18.3 Å². The molecular formula is C13H19NO3S2. The number of rotatable bonds is 6. The Morgan fingerprint density at radius 3 is 2.84 bits per heavy atom. The van der Waals surface area contributed by atoms with E-state index in [1.165, 1.54) is 11.3 Å². The standard InChI is InChI=1S/C13H19NO3S2/c1-11(2)10-19(16,17)14-8-13-7-12(9-18-13)5-3-4-6-15/h7,9,11,14-15H,4,6,8,10H2,1-2H3. The first-order chi connectivity index (χ1) is 8.93. The summed E-state index contributed by atoms with van der Waals surface area (Å²) < 4.78 is 25.9. The highest BCUT2D eigenvalue weighted by Crippen LogP contribution is 2.14. The van der Waals surface area contributed by atoms with Crippen LogP contribution in [0, 0.1) is 17.8 Å². The number of aliphatic hydroxyl groups excluding tert-OH is 1. The van der Waals surface area contributed by atoms with Crippen LogP contribution in [0.25, 0.3) is 0 Å². The molecule has 0 fully saturated rings. The summed E-state index contributed by atoms with van der Waals surface area (Å²) in [5.41, 5.74) is 0.858. The van der Waals surface area contributed by atoms with Crippen molar-refractivity contribution in [3.8, 4) is 11.8 Å². The van der Waals surface area contributed by atoms with Crippen molar-refractivity contribution in [3.63, 3.8) is 0 Å². The van der Waals surface area contributed by atoms with Gasteiger partial charge in [0.25, 0.3) is 0 Å². The molecule has 1 aromatic rings. The molecule has 1 aromatic heterocycles. The van der Waals surface area contributed by atoms with E-state index in [1.807, 2.05) is 25.3 Å². The number of sulfonamides is 1. The Morgan fingerprint density at radius 1 is 1.47 bits per heavy atom. The average Bonchev–Trinajstić information content (AvgIpc) is 2.73. The van der Waals surface area contributed by atoms with Crippen molar-refractivity contribution in [2.75, 3.05) is 12.4 Å². The Morgan fingerprint density at radius 2 is 2.21 bits per heavy atom. The minimum atomic E-state index is -3.20. The largest absolute Gasteiger partial charge is 0.395 e. The van der Waals surface area contributed by atoms with Gasteiger partial charge in [-0.2, -0.15) is 0 Å². The number of hydrogen-bond donors (Lipinski definition) is 2. The third-order valence-electron chi connectivity index (χ3n) is 2.14. The predicted octanol–water partition coefficient (Wildman–Crippen LogP) is 1.56. The summed E-state index contributed by atoms with van der Waals surface area (Å²) in [6.07, 6.45) is 0.451. The van der Waals surface area contributed by atoms with Gasteiger partial charge in [0, 0.05) is 28.8 Å². The van der Waals surface area contributed by atoms with Crippen molar-refractivity contribution >= 4 is 21.4 Å². The summed E-state index contributed by atoms with van der Waals surface area (Å²) >= 11 is 1.48. The molecular weight excluding hydrogens is 282 g/mol. The van der Waals surface area contributed by atoms with Gasteiger partial charge in [-0.05, 0) is 12.0 Å². The van der Waals surface area contributed by atoms with Crippen molar-refractivity contribution < 1.29 is 13.5 Å². The molecule has 0 atom stereocenters. The summed E-state index contributed by atoms with van der Waals surface area (Å²) in [5.74, 6) is 6.00. The second-order valence-corrected chi connectivity index (χ2v) is 7.42. The fourth-order valence-electron chi connectivity index (χ4n) is 1.44. The molecule has 0 spiro atoms. The molecule has 0 amide bonds. The number of hydrogen-bond acceptors (Lipinski definition) is 4. The molecule has 0 aromatic carbocycles. The first kappa shape index (κ1) is 16.2. The van der Waals surface area contributed by atoms with Gasteiger partial charge in [0.15, 0.2) is 0 Å². The van der Waals surface area contributed by atoms with Crippen LogP contribution < -0.4 is 4.72 Å². The fraction of sp³-hybridized carbons (Fsp3) is 0.538. The molecule has 0 aliphatic rings. The van der Waals surface area contributed by atoms with Crippen molar-refractivity contribution in [1.82, 2.24) is 4.72 Å². The third-order valence-corrected chi connectivity index (χ3v) is 4.77. The molecule has 0 saturated heterocycles. The van der Waals surface area contributed by atoms with Gasteiger partial charge in [-0.25, -0.2) is 13.1 Å². The van der Waals surface area contributed by atoms with Gasteiger partial charge in [0.1, 0.15) is 0 Å². The summed E-state index contributed by atoms with van der Waals surface area (Å²) in [7, 11) is -3.20. The molecule has 0 radical (unpaired) electrons. The number of aliphatic hydroxyl groups is 1. The Kier molecular flexibility index (Phi) is 6.52. The Labute approximate surface area is 118 Å². The third kappa shape index (κ3) is 6.73. The highest BCUT2D eigenvalue weighted by atomic mass is 32.2. The first-order valence-corrected chi connectivity index (χ1v) is 8.60. The lowest BCUT2D eigenvalue weighted by atomic mass is 10.3. The summed E-state index contributed by atoms with van der Waals surface area (Å²) in [5, 5.41) is 10.5. The maximum absolute atomic E-state index is 11.7. The molecule has 4 nitrogen and oxygen atoms in total. The zero-order chi connectivity index (χ0) is 14.3. The highest BCUT2D eigenvalue weighted by molar-refractivity contribution is 7.89. The minimum absolute atomic E-state index is 0.0546. The molecule has 2 N–H and O–H groups in total. The van der Waals surface area contributed by atoms with Gasteiger partial charge >= 0.3 is 0 Å². The monoisotopic (exact) mass is 301 g/mol. The van der Waals surface area contributed by atoms with Crippen molar-refractivity contribution in [2.24, 2.45) is 5.92 Å². The van der Waals surface area contributed by atoms with Crippen LogP contribution in [0.2, 0.25) is 0 Å². The number of nitrogens with one attached hydrogen (secondary N) is 1. The van der Waals surface area contributed by atoms with Crippen LogP contribution in [0.5, 0.6) is 0 Å². The lowest BCUT2D eigenvalue weighted by Gasteiger charge is -2.07. The topological polar surface area (TPSA) is 66.4 Å². The maximum atomic E-state index is 11.7. The van der Waals surface area contributed by atoms with E-state index in [1.54, 1.807) is 0 Å². The molecule has 19 heavy (non-hydrogen) atoms. The van der Waals surface area contributed by atoms with Gasteiger partial charge in [-0.15, -0.1) is 11.3 Å². The van der Waals surface area contributed by atoms with Gasteiger partial charge in [-0.3, -0.25) is 0 Å². The minimum Gasteiger partial charge on any atom is -0.395 e. The molecule has 0 unspecified atom stereocenters.